The Kier molecular flexibility index (Phi) is 11.6. The predicted octanol–water partition coefficient (Wildman–Crippen LogP) is 2.87. The molecule has 1 aliphatic rings. The summed E-state index contributed by atoms with van der Waals surface area (Å²) in [6.45, 7) is 8.28. The largest absolute Gasteiger partial charge is 0.491 e. The van der Waals surface area contributed by atoms with Crippen LogP contribution in [0.2, 0.25) is 0 Å². The van der Waals surface area contributed by atoms with E-state index in [0.717, 1.165) is 49.9 Å². The van der Waals surface area contributed by atoms with Crippen LogP contribution in [0.5, 0.6) is 5.75 Å². The molecule has 1 aliphatic heterocycles. The van der Waals surface area contributed by atoms with E-state index in [1.54, 1.807) is 7.05 Å². The number of guanidine groups is 1. The molecule has 6 nitrogen and oxygen atoms in total. The van der Waals surface area contributed by atoms with Crippen molar-refractivity contribution >= 4 is 29.9 Å². The van der Waals surface area contributed by atoms with Gasteiger partial charge in [-0.05, 0) is 38.3 Å². The van der Waals surface area contributed by atoms with Crippen LogP contribution in [0.4, 0.5) is 0 Å². The van der Waals surface area contributed by atoms with Crippen molar-refractivity contribution in [2.75, 3.05) is 40.0 Å². The molecule has 1 saturated heterocycles. The number of ether oxygens (including phenoxy) is 3. The highest BCUT2D eigenvalue weighted by molar-refractivity contribution is 14.0. The van der Waals surface area contributed by atoms with E-state index in [2.05, 4.69) is 40.7 Å². The highest BCUT2D eigenvalue weighted by Gasteiger charge is 2.17. The van der Waals surface area contributed by atoms with E-state index >= 15 is 0 Å². The van der Waals surface area contributed by atoms with Gasteiger partial charge in [-0.3, -0.25) is 4.99 Å². The van der Waals surface area contributed by atoms with Crippen LogP contribution in [-0.4, -0.2) is 52.1 Å². The van der Waals surface area contributed by atoms with Crippen LogP contribution in [0.3, 0.4) is 0 Å². The van der Waals surface area contributed by atoms with Gasteiger partial charge in [-0.25, -0.2) is 0 Å². The van der Waals surface area contributed by atoms with Gasteiger partial charge in [0.25, 0.3) is 0 Å². The fourth-order valence-corrected chi connectivity index (χ4v) is 2.69. The minimum Gasteiger partial charge on any atom is -0.491 e. The quantitative estimate of drug-likeness (QED) is 0.248. The summed E-state index contributed by atoms with van der Waals surface area (Å²) in [6.07, 6.45) is 2.42. The molecule has 0 aliphatic carbocycles. The van der Waals surface area contributed by atoms with Crippen LogP contribution >= 0.6 is 24.0 Å². The van der Waals surface area contributed by atoms with Crippen LogP contribution in [0.1, 0.15) is 30.9 Å². The number of hydrogen-bond acceptors (Lipinski definition) is 4. The molecule has 0 amide bonds. The molecule has 0 spiro atoms. The topological polar surface area (TPSA) is 64.1 Å². The van der Waals surface area contributed by atoms with Crippen molar-refractivity contribution in [3.63, 3.8) is 0 Å². The summed E-state index contributed by atoms with van der Waals surface area (Å²) in [6, 6.07) is 6.28. The third-order valence-electron chi connectivity index (χ3n) is 4.08. The van der Waals surface area contributed by atoms with Gasteiger partial charge in [0.05, 0.1) is 12.7 Å². The maximum Gasteiger partial charge on any atom is 0.191 e. The van der Waals surface area contributed by atoms with Crippen LogP contribution in [0, 0.1) is 6.92 Å². The Balaban J connectivity index is 0.00000338. The summed E-state index contributed by atoms with van der Waals surface area (Å²) in [5, 5.41) is 6.56. The zero-order valence-electron chi connectivity index (χ0n) is 16.0. The molecule has 1 unspecified atom stereocenters. The van der Waals surface area contributed by atoms with E-state index in [1.807, 2.05) is 6.92 Å². The standard InChI is InChI=1S/C19H31N3O3.HI/c1-4-23-11-9-21-19(20-3)22-13-16-8-7-15(2)12-18(16)25-14-17-6-5-10-24-17;/h7-8,12,17H,4-6,9-11,13-14H2,1-3H3,(H2,20,21,22);1H. The van der Waals surface area contributed by atoms with Crippen LogP contribution in [0.15, 0.2) is 23.2 Å². The average molecular weight is 477 g/mol. The van der Waals surface area contributed by atoms with E-state index in [-0.39, 0.29) is 30.1 Å². The summed E-state index contributed by atoms with van der Waals surface area (Å²) in [5.41, 5.74) is 2.29. The normalized spacial score (nSPS) is 16.9. The SMILES string of the molecule is CCOCCNC(=NC)NCc1ccc(C)cc1OCC1CCCO1.I. The second-order valence-corrected chi connectivity index (χ2v) is 6.11. The summed E-state index contributed by atoms with van der Waals surface area (Å²) >= 11 is 0. The number of hydrogen-bond donors (Lipinski definition) is 2. The van der Waals surface area contributed by atoms with Crippen molar-refractivity contribution in [3.8, 4) is 5.75 Å². The molecular formula is C19H32IN3O3. The van der Waals surface area contributed by atoms with Gasteiger partial charge in [-0.1, -0.05) is 12.1 Å². The van der Waals surface area contributed by atoms with E-state index in [0.29, 0.717) is 19.8 Å². The highest BCUT2D eigenvalue weighted by atomic mass is 127. The number of aryl methyl sites for hydroxylation is 1. The molecule has 7 heteroatoms. The van der Waals surface area contributed by atoms with Gasteiger partial charge < -0.3 is 24.8 Å². The molecule has 1 atom stereocenters. The first-order valence-electron chi connectivity index (χ1n) is 9.09. The monoisotopic (exact) mass is 477 g/mol. The Hall–Kier alpha value is -1.06. The molecule has 0 radical (unpaired) electrons. The lowest BCUT2D eigenvalue weighted by molar-refractivity contribution is 0.0676. The maximum atomic E-state index is 6.04. The second-order valence-electron chi connectivity index (χ2n) is 6.11. The summed E-state index contributed by atoms with van der Waals surface area (Å²) in [5.74, 6) is 1.66. The number of benzene rings is 1. The Labute approximate surface area is 174 Å². The molecule has 0 bridgehead atoms. The average Bonchev–Trinajstić information content (AvgIpc) is 3.14. The molecule has 1 aromatic rings. The lowest BCUT2D eigenvalue weighted by atomic mass is 10.1. The zero-order valence-corrected chi connectivity index (χ0v) is 18.4. The van der Waals surface area contributed by atoms with Crippen molar-refractivity contribution in [1.29, 1.82) is 0 Å². The molecule has 148 valence electrons. The molecule has 1 fully saturated rings. The van der Waals surface area contributed by atoms with Crippen LogP contribution < -0.4 is 15.4 Å². The molecule has 26 heavy (non-hydrogen) atoms. The lowest BCUT2D eigenvalue weighted by Gasteiger charge is -2.17. The predicted molar refractivity (Wildman–Crippen MR) is 116 cm³/mol. The summed E-state index contributed by atoms with van der Waals surface area (Å²) in [4.78, 5) is 4.24. The molecule has 2 N–H and O–H groups in total. The molecule has 2 rings (SSSR count). The zero-order chi connectivity index (χ0) is 17.9. The van der Waals surface area contributed by atoms with E-state index in [1.165, 1.54) is 5.56 Å². The van der Waals surface area contributed by atoms with Gasteiger partial charge in [0, 0.05) is 38.9 Å². The fraction of sp³-hybridized carbons (Fsp3) is 0.632. The maximum absolute atomic E-state index is 6.04. The summed E-state index contributed by atoms with van der Waals surface area (Å²) in [7, 11) is 1.76. The first kappa shape index (κ1) is 23.0. The van der Waals surface area contributed by atoms with Crippen molar-refractivity contribution in [1.82, 2.24) is 10.6 Å². The second kappa shape index (κ2) is 13.2. The van der Waals surface area contributed by atoms with E-state index in [4.69, 9.17) is 14.2 Å². The number of nitrogens with zero attached hydrogens (tertiary/aromatic N) is 1. The minimum atomic E-state index is 0. The van der Waals surface area contributed by atoms with E-state index < -0.39 is 0 Å². The third kappa shape index (κ3) is 8.09. The van der Waals surface area contributed by atoms with E-state index in [9.17, 15) is 0 Å². The van der Waals surface area contributed by atoms with Gasteiger partial charge in [0.1, 0.15) is 12.4 Å². The third-order valence-corrected chi connectivity index (χ3v) is 4.08. The Morgan fingerprint density at radius 2 is 2.19 bits per heavy atom. The summed E-state index contributed by atoms with van der Waals surface area (Å²) < 4.78 is 17.0. The van der Waals surface area contributed by atoms with Crippen LogP contribution in [0.25, 0.3) is 0 Å². The van der Waals surface area contributed by atoms with Gasteiger partial charge in [-0.15, -0.1) is 24.0 Å². The smallest absolute Gasteiger partial charge is 0.191 e. The minimum absolute atomic E-state index is 0. The molecule has 1 aromatic carbocycles. The van der Waals surface area contributed by atoms with Gasteiger partial charge >= 0.3 is 0 Å². The number of rotatable bonds is 9. The van der Waals surface area contributed by atoms with Gasteiger partial charge in [0.15, 0.2) is 5.96 Å². The Bertz CT molecular complexity index is 549. The lowest BCUT2D eigenvalue weighted by Crippen LogP contribution is -2.38. The first-order chi connectivity index (χ1) is 12.2. The number of halogens is 1. The molecule has 0 saturated carbocycles. The first-order valence-corrected chi connectivity index (χ1v) is 9.09. The highest BCUT2D eigenvalue weighted by Crippen LogP contribution is 2.22. The van der Waals surface area contributed by atoms with Crippen molar-refractivity contribution in [3.05, 3.63) is 29.3 Å². The van der Waals surface area contributed by atoms with Crippen LogP contribution in [-0.2, 0) is 16.0 Å². The molecule has 1 heterocycles. The number of nitrogens with one attached hydrogen (secondary N) is 2. The number of aliphatic imine (C=N–C) groups is 1. The van der Waals surface area contributed by atoms with Gasteiger partial charge in [0.2, 0.25) is 0 Å². The van der Waals surface area contributed by atoms with Gasteiger partial charge in [-0.2, -0.15) is 0 Å². The molecule has 0 aromatic heterocycles. The Morgan fingerprint density at radius 1 is 1.35 bits per heavy atom. The Morgan fingerprint density at radius 3 is 2.88 bits per heavy atom. The van der Waals surface area contributed by atoms with Crippen molar-refractivity contribution < 1.29 is 14.2 Å². The van der Waals surface area contributed by atoms with Crippen molar-refractivity contribution in [2.24, 2.45) is 4.99 Å². The fourth-order valence-electron chi connectivity index (χ4n) is 2.69. The van der Waals surface area contributed by atoms with Crippen molar-refractivity contribution in [2.45, 2.75) is 39.3 Å². The molecular weight excluding hydrogens is 445 g/mol.